The van der Waals surface area contributed by atoms with Gasteiger partial charge in [-0.05, 0) is 12.1 Å². The zero-order chi connectivity index (χ0) is 10.0. The highest BCUT2D eigenvalue weighted by molar-refractivity contribution is 9.09. The van der Waals surface area contributed by atoms with Crippen molar-refractivity contribution >= 4 is 39.0 Å². The highest BCUT2D eigenvalue weighted by atomic mass is 79.9. The number of carbonyl (C=O) groups is 1. The number of hydrogen-bond acceptors (Lipinski definition) is 3. The number of hydrogen-bond donors (Lipinski definition) is 2. The van der Waals surface area contributed by atoms with Gasteiger partial charge in [-0.3, -0.25) is 4.79 Å². The molecule has 13 heavy (non-hydrogen) atoms. The lowest BCUT2D eigenvalue weighted by Crippen LogP contribution is -2.05. The molecule has 3 nitrogen and oxygen atoms in total. The third-order valence-electron chi connectivity index (χ3n) is 1.57. The number of aromatic hydroxyl groups is 1. The van der Waals surface area contributed by atoms with Crippen molar-refractivity contribution in [3.05, 3.63) is 22.7 Å². The second-order valence-corrected chi connectivity index (χ2v) is 3.38. The fourth-order valence-electron chi connectivity index (χ4n) is 0.932. The van der Waals surface area contributed by atoms with Gasteiger partial charge < -0.3 is 10.8 Å². The molecule has 1 aromatic rings. The van der Waals surface area contributed by atoms with Crippen molar-refractivity contribution in [1.82, 2.24) is 0 Å². The van der Waals surface area contributed by atoms with Gasteiger partial charge in [-0.15, -0.1) is 0 Å². The van der Waals surface area contributed by atoms with E-state index in [1.165, 1.54) is 12.1 Å². The van der Waals surface area contributed by atoms with Crippen LogP contribution in [0.3, 0.4) is 0 Å². The first-order chi connectivity index (χ1) is 6.07. The van der Waals surface area contributed by atoms with Crippen LogP contribution in [0.25, 0.3) is 0 Å². The molecule has 0 atom stereocenters. The smallest absolute Gasteiger partial charge is 0.177 e. The van der Waals surface area contributed by atoms with E-state index in [1.807, 2.05) is 0 Å². The zero-order valence-corrected chi connectivity index (χ0v) is 8.89. The van der Waals surface area contributed by atoms with Crippen LogP contribution in [0, 0.1) is 0 Å². The SMILES string of the molecule is Nc1c(O)ccc(Cl)c1C(=O)CBr. The second-order valence-electron chi connectivity index (χ2n) is 2.41. The van der Waals surface area contributed by atoms with Crippen LogP contribution in [0.5, 0.6) is 5.75 Å². The maximum absolute atomic E-state index is 11.3. The summed E-state index contributed by atoms with van der Waals surface area (Å²) in [6.07, 6.45) is 0. The van der Waals surface area contributed by atoms with E-state index in [0.29, 0.717) is 0 Å². The summed E-state index contributed by atoms with van der Waals surface area (Å²) in [6, 6.07) is 2.78. The third kappa shape index (κ3) is 1.95. The lowest BCUT2D eigenvalue weighted by molar-refractivity contribution is 0.102. The van der Waals surface area contributed by atoms with E-state index >= 15 is 0 Å². The Morgan fingerprint density at radius 1 is 1.62 bits per heavy atom. The van der Waals surface area contributed by atoms with Crippen molar-refractivity contribution in [2.45, 2.75) is 0 Å². The lowest BCUT2D eigenvalue weighted by Gasteiger charge is -2.06. The van der Waals surface area contributed by atoms with Gasteiger partial charge in [0.1, 0.15) is 5.75 Å². The highest BCUT2D eigenvalue weighted by Crippen LogP contribution is 2.30. The maximum Gasteiger partial charge on any atom is 0.177 e. The minimum atomic E-state index is -0.251. The molecule has 70 valence electrons. The molecule has 0 bridgehead atoms. The quantitative estimate of drug-likeness (QED) is 0.372. The Morgan fingerprint density at radius 2 is 2.23 bits per heavy atom. The number of benzene rings is 1. The molecule has 1 aromatic carbocycles. The third-order valence-corrected chi connectivity index (χ3v) is 2.40. The number of anilines is 1. The fourth-order valence-corrected chi connectivity index (χ4v) is 1.48. The molecule has 0 unspecified atom stereocenters. The average Bonchev–Trinajstić information content (AvgIpc) is 2.12. The molecule has 0 aliphatic heterocycles. The van der Waals surface area contributed by atoms with E-state index in [-0.39, 0.29) is 33.1 Å². The summed E-state index contributed by atoms with van der Waals surface area (Å²) >= 11 is 8.74. The van der Waals surface area contributed by atoms with Crippen LogP contribution in [-0.4, -0.2) is 16.2 Å². The Labute approximate surface area is 88.6 Å². The molecule has 0 aromatic heterocycles. The number of nitrogens with two attached hydrogens (primary N) is 1. The summed E-state index contributed by atoms with van der Waals surface area (Å²) in [5, 5.41) is 9.59. The topological polar surface area (TPSA) is 63.3 Å². The summed E-state index contributed by atoms with van der Waals surface area (Å²) < 4.78 is 0. The Hall–Kier alpha value is -0.740. The molecule has 0 saturated heterocycles. The lowest BCUT2D eigenvalue weighted by atomic mass is 10.1. The van der Waals surface area contributed by atoms with Gasteiger partial charge in [-0.1, -0.05) is 27.5 Å². The molecule has 0 aliphatic carbocycles. The van der Waals surface area contributed by atoms with Crippen LogP contribution in [0.15, 0.2) is 12.1 Å². The largest absolute Gasteiger partial charge is 0.506 e. The maximum atomic E-state index is 11.3. The highest BCUT2D eigenvalue weighted by Gasteiger charge is 2.15. The van der Waals surface area contributed by atoms with Gasteiger partial charge in [0.2, 0.25) is 0 Å². The molecule has 0 fully saturated rings. The van der Waals surface area contributed by atoms with E-state index in [1.54, 1.807) is 0 Å². The van der Waals surface area contributed by atoms with Crippen molar-refractivity contribution in [2.75, 3.05) is 11.1 Å². The molecule has 3 N–H and O–H groups in total. The molecule has 0 radical (unpaired) electrons. The Kier molecular flexibility index (Phi) is 3.17. The first-order valence-corrected chi connectivity index (χ1v) is 4.94. The number of phenols is 1. The summed E-state index contributed by atoms with van der Waals surface area (Å²) in [5.41, 5.74) is 5.67. The summed E-state index contributed by atoms with van der Waals surface area (Å²) in [6.45, 7) is 0. The normalized spacial score (nSPS) is 10.0. The predicted octanol–water partition coefficient (Wildman–Crippen LogP) is 2.21. The van der Waals surface area contributed by atoms with Crippen LogP contribution in [0.4, 0.5) is 5.69 Å². The van der Waals surface area contributed by atoms with Crippen LogP contribution < -0.4 is 5.73 Å². The van der Waals surface area contributed by atoms with Crippen LogP contribution in [-0.2, 0) is 0 Å². The van der Waals surface area contributed by atoms with E-state index in [2.05, 4.69) is 15.9 Å². The fraction of sp³-hybridized carbons (Fsp3) is 0.125. The predicted molar refractivity (Wildman–Crippen MR) is 55.7 cm³/mol. The number of halogens is 2. The van der Waals surface area contributed by atoms with E-state index in [9.17, 15) is 9.90 Å². The van der Waals surface area contributed by atoms with Crippen molar-refractivity contribution in [2.24, 2.45) is 0 Å². The van der Waals surface area contributed by atoms with Gasteiger partial charge >= 0.3 is 0 Å². The Balaban J connectivity index is 3.33. The molecule has 0 spiro atoms. The van der Waals surface area contributed by atoms with E-state index < -0.39 is 0 Å². The summed E-state index contributed by atoms with van der Waals surface area (Å²) in [7, 11) is 0. The van der Waals surface area contributed by atoms with Crippen molar-refractivity contribution < 1.29 is 9.90 Å². The first-order valence-electron chi connectivity index (χ1n) is 3.44. The van der Waals surface area contributed by atoms with Crippen LogP contribution >= 0.6 is 27.5 Å². The Morgan fingerprint density at radius 3 is 2.77 bits per heavy atom. The first kappa shape index (κ1) is 10.3. The number of nitrogen functional groups attached to an aromatic ring is 1. The summed E-state index contributed by atoms with van der Waals surface area (Å²) in [4.78, 5) is 11.3. The van der Waals surface area contributed by atoms with Crippen LogP contribution in [0.1, 0.15) is 10.4 Å². The molecule has 0 amide bonds. The second kappa shape index (κ2) is 3.98. The van der Waals surface area contributed by atoms with Gasteiger partial charge in [0, 0.05) is 0 Å². The van der Waals surface area contributed by atoms with Gasteiger partial charge in [-0.25, -0.2) is 0 Å². The molecule has 1 rings (SSSR count). The molecular weight excluding hydrogens is 257 g/mol. The number of ketones is 1. The van der Waals surface area contributed by atoms with Crippen molar-refractivity contribution in [3.8, 4) is 5.75 Å². The number of phenolic OH excluding ortho intramolecular Hbond substituents is 1. The van der Waals surface area contributed by atoms with E-state index in [0.717, 1.165) is 0 Å². The van der Waals surface area contributed by atoms with Crippen molar-refractivity contribution in [1.29, 1.82) is 0 Å². The summed E-state index contributed by atoms with van der Waals surface area (Å²) in [5.74, 6) is -0.382. The monoisotopic (exact) mass is 263 g/mol. The average molecular weight is 265 g/mol. The zero-order valence-electron chi connectivity index (χ0n) is 6.55. The molecular formula is C8H7BrClNO2. The molecule has 0 aliphatic rings. The van der Waals surface area contributed by atoms with Gasteiger partial charge in [0.15, 0.2) is 5.78 Å². The van der Waals surface area contributed by atoms with Gasteiger partial charge in [0.25, 0.3) is 0 Å². The van der Waals surface area contributed by atoms with Gasteiger partial charge in [-0.2, -0.15) is 0 Å². The van der Waals surface area contributed by atoms with Crippen LogP contribution in [0.2, 0.25) is 5.02 Å². The Bertz CT molecular complexity index is 354. The number of carbonyl (C=O) groups excluding carboxylic acids is 1. The van der Waals surface area contributed by atoms with Crippen molar-refractivity contribution in [3.63, 3.8) is 0 Å². The number of alkyl halides is 1. The molecule has 0 saturated carbocycles. The number of Topliss-reactive ketones (excluding diaryl/α,β-unsaturated/α-hetero) is 1. The molecule has 0 heterocycles. The number of rotatable bonds is 2. The van der Waals surface area contributed by atoms with Gasteiger partial charge in [0.05, 0.1) is 21.6 Å². The minimum Gasteiger partial charge on any atom is -0.506 e. The molecule has 5 heteroatoms. The van der Waals surface area contributed by atoms with E-state index in [4.69, 9.17) is 17.3 Å². The minimum absolute atomic E-state index is 0.0250. The standard InChI is InChI=1S/C8H7BrClNO2/c9-3-6(13)7-4(10)1-2-5(12)8(7)11/h1-2,12H,3,11H2.